The highest BCUT2D eigenvalue weighted by Crippen LogP contribution is 2.43. The van der Waals surface area contributed by atoms with Gasteiger partial charge in [0.25, 0.3) is 0 Å². The van der Waals surface area contributed by atoms with Gasteiger partial charge in [0.2, 0.25) is 0 Å². The smallest absolute Gasteiger partial charge is 0.160 e. The molecular formula is C14H18N4. The number of fused-ring (bicyclic) bond motifs is 1. The minimum Gasteiger partial charge on any atom is -0.397 e. The Bertz CT molecular complexity index is 591. The summed E-state index contributed by atoms with van der Waals surface area (Å²) < 4.78 is 2.42. The zero-order chi connectivity index (χ0) is 12.1. The highest BCUT2D eigenvalue weighted by Gasteiger charge is 2.33. The summed E-state index contributed by atoms with van der Waals surface area (Å²) in [5.41, 5.74) is 8.54. The maximum Gasteiger partial charge on any atom is 0.160 e. The number of hydrogen-bond donors (Lipinski definition) is 1. The topological polar surface area (TPSA) is 56.7 Å². The quantitative estimate of drug-likeness (QED) is 0.880. The summed E-state index contributed by atoms with van der Waals surface area (Å²) >= 11 is 0. The Hall–Kier alpha value is -1.58. The molecule has 4 heteroatoms. The summed E-state index contributed by atoms with van der Waals surface area (Å²) in [6.45, 7) is 0. The lowest BCUT2D eigenvalue weighted by atomic mass is 10.2. The first-order valence-corrected chi connectivity index (χ1v) is 6.96. The van der Waals surface area contributed by atoms with Crippen molar-refractivity contribution >= 4 is 16.9 Å². The van der Waals surface area contributed by atoms with Crippen LogP contribution in [0.2, 0.25) is 0 Å². The molecule has 2 aromatic rings. The summed E-state index contributed by atoms with van der Waals surface area (Å²) in [4.78, 5) is 9.33. The van der Waals surface area contributed by atoms with E-state index >= 15 is 0 Å². The molecular weight excluding hydrogens is 224 g/mol. The van der Waals surface area contributed by atoms with Gasteiger partial charge in [-0.05, 0) is 31.7 Å². The van der Waals surface area contributed by atoms with E-state index in [9.17, 15) is 0 Å². The third-order valence-electron chi connectivity index (χ3n) is 4.21. The average molecular weight is 242 g/mol. The lowest BCUT2D eigenvalue weighted by Gasteiger charge is -2.15. The van der Waals surface area contributed by atoms with Gasteiger partial charge < -0.3 is 10.3 Å². The van der Waals surface area contributed by atoms with Gasteiger partial charge in [0.15, 0.2) is 5.65 Å². The van der Waals surface area contributed by atoms with Crippen LogP contribution in [-0.4, -0.2) is 14.5 Å². The fourth-order valence-corrected chi connectivity index (χ4v) is 3.17. The Labute approximate surface area is 106 Å². The summed E-state index contributed by atoms with van der Waals surface area (Å²) in [7, 11) is 0. The Morgan fingerprint density at radius 2 is 1.94 bits per heavy atom. The van der Waals surface area contributed by atoms with E-state index in [0.717, 1.165) is 11.2 Å². The Morgan fingerprint density at radius 1 is 1.17 bits per heavy atom. The molecule has 0 bridgehead atoms. The number of imidazole rings is 1. The molecule has 0 spiro atoms. The molecule has 2 aliphatic carbocycles. The van der Waals surface area contributed by atoms with Crippen LogP contribution in [0.1, 0.15) is 56.3 Å². The largest absolute Gasteiger partial charge is 0.397 e. The van der Waals surface area contributed by atoms with Gasteiger partial charge >= 0.3 is 0 Å². The van der Waals surface area contributed by atoms with Gasteiger partial charge in [-0.25, -0.2) is 9.97 Å². The Kier molecular flexibility index (Phi) is 2.13. The van der Waals surface area contributed by atoms with Gasteiger partial charge in [-0.15, -0.1) is 0 Å². The van der Waals surface area contributed by atoms with Crippen LogP contribution >= 0.6 is 0 Å². The zero-order valence-corrected chi connectivity index (χ0v) is 10.5. The van der Waals surface area contributed by atoms with Gasteiger partial charge in [-0.1, -0.05) is 12.8 Å². The molecule has 0 amide bonds. The zero-order valence-electron chi connectivity index (χ0n) is 10.5. The minimum absolute atomic E-state index is 0.613. The molecule has 4 nitrogen and oxygen atoms in total. The minimum atomic E-state index is 0.613. The van der Waals surface area contributed by atoms with Crippen molar-refractivity contribution in [1.82, 2.24) is 14.5 Å². The van der Waals surface area contributed by atoms with Crippen LogP contribution in [0.3, 0.4) is 0 Å². The first-order chi connectivity index (χ1) is 8.83. The SMILES string of the molecule is Nc1cnc2c(c1)nc(C1CC1)n2C1CCCC1. The van der Waals surface area contributed by atoms with Crippen LogP contribution < -0.4 is 5.73 Å². The van der Waals surface area contributed by atoms with Crippen LogP contribution in [-0.2, 0) is 0 Å². The van der Waals surface area contributed by atoms with Crippen LogP contribution in [0.4, 0.5) is 5.69 Å². The number of pyridine rings is 1. The molecule has 2 fully saturated rings. The molecule has 94 valence electrons. The van der Waals surface area contributed by atoms with Crippen molar-refractivity contribution < 1.29 is 0 Å². The Morgan fingerprint density at radius 3 is 2.67 bits per heavy atom. The van der Waals surface area contributed by atoms with Crippen molar-refractivity contribution in [3.8, 4) is 0 Å². The highest BCUT2D eigenvalue weighted by atomic mass is 15.2. The number of nitrogens with zero attached hydrogens (tertiary/aromatic N) is 3. The number of aromatic nitrogens is 3. The van der Waals surface area contributed by atoms with E-state index in [-0.39, 0.29) is 0 Å². The molecule has 2 aliphatic rings. The van der Waals surface area contributed by atoms with E-state index in [1.54, 1.807) is 6.20 Å². The average Bonchev–Trinajstić information content (AvgIpc) is 2.94. The first-order valence-electron chi connectivity index (χ1n) is 6.96. The van der Waals surface area contributed by atoms with Gasteiger partial charge in [-0.2, -0.15) is 0 Å². The van der Waals surface area contributed by atoms with Crippen LogP contribution in [0.5, 0.6) is 0 Å². The molecule has 0 atom stereocenters. The molecule has 2 heterocycles. The second-order valence-corrected chi connectivity index (χ2v) is 5.66. The second kappa shape index (κ2) is 3.70. The monoisotopic (exact) mass is 242 g/mol. The van der Waals surface area contributed by atoms with E-state index in [0.29, 0.717) is 17.6 Å². The van der Waals surface area contributed by atoms with E-state index in [1.165, 1.54) is 44.3 Å². The van der Waals surface area contributed by atoms with E-state index in [2.05, 4.69) is 9.55 Å². The standard InChI is InChI=1S/C14H18N4/c15-10-7-12-14(16-8-10)18(11-3-1-2-4-11)13(17-12)9-5-6-9/h7-9,11H,1-6,15H2. The Balaban J connectivity index is 1.92. The summed E-state index contributed by atoms with van der Waals surface area (Å²) in [6.07, 6.45) is 9.55. The molecule has 0 unspecified atom stereocenters. The predicted octanol–water partition coefficient (Wildman–Crippen LogP) is 3.01. The van der Waals surface area contributed by atoms with E-state index in [1.807, 2.05) is 6.07 Å². The van der Waals surface area contributed by atoms with Crippen molar-refractivity contribution in [3.05, 3.63) is 18.1 Å². The normalized spacial score (nSPS) is 20.9. The third kappa shape index (κ3) is 1.51. The van der Waals surface area contributed by atoms with Crippen molar-refractivity contribution in [2.24, 2.45) is 0 Å². The maximum absolute atomic E-state index is 5.82. The lowest BCUT2D eigenvalue weighted by Crippen LogP contribution is -2.09. The predicted molar refractivity (Wildman–Crippen MR) is 71.4 cm³/mol. The first kappa shape index (κ1) is 10.4. The van der Waals surface area contributed by atoms with E-state index < -0.39 is 0 Å². The molecule has 0 aliphatic heterocycles. The van der Waals surface area contributed by atoms with Crippen LogP contribution in [0.15, 0.2) is 12.3 Å². The number of anilines is 1. The van der Waals surface area contributed by atoms with Crippen molar-refractivity contribution in [1.29, 1.82) is 0 Å². The second-order valence-electron chi connectivity index (χ2n) is 5.66. The van der Waals surface area contributed by atoms with Crippen LogP contribution in [0, 0.1) is 0 Å². The fraction of sp³-hybridized carbons (Fsp3) is 0.571. The number of hydrogen-bond acceptors (Lipinski definition) is 3. The van der Waals surface area contributed by atoms with Gasteiger partial charge in [0, 0.05) is 12.0 Å². The molecule has 4 rings (SSSR count). The molecule has 0 saturated heterocycles. The summed E-state index contributed by atoms with van der Waals surface area (Å²) in [5.74, 6) is 1.93. The number of nitrogen functional groups attached to an aromatic ring is 1. The molecule has 2 saturated carbocycles. The summed E-state index contributed by atoms with van der Waals surface area (Å²) in [5, 5.41) is 0. The highest BCUT2D eigenvalue weighted by molar-refractivity contribution is 5.75. The molecule has 0 aromatic carbocycles. The van der Waals surface area contributed by atoms with Gasteiger partial charge in [0.05, 0.1) is 11.9 Å². The van der Waals surface area contributed by atoms with Gasteiger partial charge in [0.1, 0.15) is 11.3 Å². The molecule has 2 N–H and O–H groups in total. The summed E-state index contributed by atoms with van der Waals surface area (Å²) in [6, 6.07) is 2.57. The molecule has 0 radical (unpaired) electrons. The van der Waals surface area contributed by atoms with Crippen molar-refractivity contribution in [2.45, 2.75) is 50.5 Å². The lowest BCUT2D eigenvalue weighted by molar-refractivity contribution is 0.508. The molecule has 2 aromatic heterocycles. The van der Waals surface area contributed by atoms with Crippen molar-refractivity contribution in [2.75, 3.05) is 5.73 Å². The fourth-order valence-electron chi connectivity index (χ4n) is 3.17. The van der Waals surface area contributed by atoms with Crippen LogP contribution in [0.25, 0.3) is 11.2 Å². The third-order valence-corrected chi connectivity index (χ3v) is 4.21. The van der Waals surface area contributed by atoms with E-state index in [4.69, 9.17) is 10.7 Å². The molecule has 18 heavy (non-hydrogen) atoms. The number of rotatable bonds is 2. The van der Waals surface area contributed by atoms with Crippen molar-refractivity contribution in [3.63, 3.8) is 0 Å². The number of nitrogens with two attached hydrogens (primary N) is 1. The van der Waals surface area contributed by atoms with Gasteiger partial charge in [-0.3, -0.25) is 0 Å². The maximum atomic E-state index is 5.82.